The van der Waals surface area contributed by atoms with E-state index in [-0.39, 0.29) is 24.7 Å². The molecule has 0 heterocycles. The Kier molecular flexibility index (Phi) is 6.25. The van der Waals surface area contributed by atoms with Gasteiger partial charge in [-0.3, -0.25) is 14.5 Å². The van der Waals surface area contributed by atoms with Gasteiger partial charge in [0, 0.05) is 29.9 Å². The van der Waals surface area contributed by atoms with E-state index in [9.17, 15) is 9.59 Å². The molecule has 0 unspecified atom stereocenters. The third-order valence-corrected chi connectivity index (χ3v) is 3.25. The van der Waals surface area contributed by atoms with Crippen molar-refractivity contribution in [3.8, 4) is 0 Å². The number of benzene rings is 2. The van der Waals surface area contributed by atoms with Crippen molar-refractivity contribution in [2.24, 2.45) is 5.10 Å². The van der Waals surface area contributed by atoms with Gasteiger partial charge in [0.1, 0.15) is 0 Å². The fourth-order valence-corrected chi connectivity index (χ4v) is 2.15. The molecular formula is C19H21N3O2. The van der Waals surface area contributed by atoms with Crippen LogP contribution in [-0.2, 0) is 9.59 Å². The summed E-state index contributed by atoms with van der Waals surface area (Å²) >= 11 is 0. The molecule has 0 fully saturated rings. The predicted molar refractivity (Wildman–Crippen MR) is 96.2 cm³/mol. The van der Waals surface area contributed by atoms with Crippen molar-refractivity contribution in [1.82, 2.24) is 5.43 Å². The largest absolute Gasteiger partial charge is 0.281 e. The SMILES string of the molecule is CC(C)=NNC(=O)CCC(=O)N(c1ccccc1)c1ccccc1. The molecule has 0 aliphatic heterocycles. The zero-order chi connectivity index (χ0) is 17.4. The Bertz CT molecular complexity index is 668. The molecule has 5 nitrogen and oxygen atoms in total. The zero-order valence-corrected chi connectivity index (χ0v) is 13.9. The quantitative estimate of drug-likeness (QED) is 0.651. The van der Waals surface area contributed by atoms with Gasteiger partial charge in [-0.25, -0.2) is 5.43 Å². The molecule has 2 aromatic rings. The van der Waals surface area contributed by atoms with Crippen molar-refractivity contribution in [3.05, 3.63) is 60.7 Å². The van der Waals surface area contributed by atoms with Crippen molar-refractivity contribution < 1.29 is 9.59 Å². The van der Waals surface area contributed by atoms with Crippen molar-refractivity contribution in [2.75, 3.05) is 4.90 Å². The third kappa shape index (κ3) is 5.05. The number of anilines is 2. The van der Waals surface area contributed by atoms with Crippen molar-refractivity contribution in [3.63, 3.8) is 0 Å². The summed E-state index contributed by atoms with van der Waals surface area (Å²) in [6.07, 6.45) is 0.194. The van der Waals surface area contributed by atoms with Crippen LogP contribution in [0.2, 0.25) is 0 Å². The third-order valence-electron chi connectivity index (χ3n) is 3.25. The van der Waals surface area contributed by atoms with E-state index in [1.807, 2.05) is 60.7 Å². The summed E-state index contributed by atoms with van der Waals surface area (Å²) in [5, 5.41) is 3.86. The van der Waals surface area contributed by atoms with Gasteiger partial charge in [0.05, 0.1) is 0 Å². The number of amides is 2. The number of nitrogens with one attached hydrogen (secondary N) is 1. The highest BCUT2D eigenvalue weighted by molar-refractivity contribution is 6.01. The average molecular weight is 323 g/mol. The van der Waals surface area contributed by atoms with Gasteiger partial charge in [-0.2, -0.15) is 5.10 Å². The Hall–Kier alpha value is -2.95. The average Bonchev–Trinajstić information content (AvgIpc) is 2.60. The molecule has 0 saturated heterocycles. The highest BCUT2D eigenvalue weighted by Crippen LogP contribution is 2.26. The Morgan fingerprint density at radius 2 is 1.38 bits per heavy atom. The lowest BCUT2D eigenvalue weighted by molar-refractivity contribution is -0.124. The molecule has 2 rings (SSSR count). The second kappa shape index (κ2) is 8.62. The van der Waals surface area contributed by atoms with Crippen LogP contribution in [0.3, 0.4) is 0 Å². The molecule has 0 atom stereocenters. The van der Waals surface area contributed by atoms with Gasteiger partial charge in [-0.05, 0) is 38.1 Å². The summed E-state index contributed by atoms with van der Waals surface area (Å²) in [5.74, 6) is -0.412. The van der Waals surface area contributed by atoms with E-state index in [0.717, 1.165) is 17.1 Å². The molecule has 0 aromatic heterocycles. The van der Waals surface area contributed by atoms with Crippen LogP contribution in [0.1, 0.15) is 26.7 Å². The van der Waals surface area contributed by atoms with E-state index in [4.69, 9.17) is 0 Å². The van der Waals surface area contributed by atoms with E-state index >= 15 is 0 Å². The van der Waals surface area contributed by atoms with Crippen molar-refractivity contribution in [1.29, 1.82) is 0 Å². The molecule has 124 valence electrons. The van der Waals surface area contributed by atoms with Crippen LogP contribution in [0.15, 0.2) is 65.8 Å². The number of hydrogen-bond acceptors (Lipinski definition) is 3. The van der Waals surface area contributed by atoms with Crippen molar-refractivity contribution in [2.45, 2.75) is 26.7 Å². The van der Waals surface area contributed by atoms with Gasteiger partial charge in [-0.15, -0.1) is 0 Å². The number of hydrogen-bond donors (Lipinski definition) is 1. The number of para-hydroxylation sites is 2. The first kappa shape index (κ1) is 17.4. The Balaban J connectivity index is 2.12. The van der Waals surface area contributed by atoms with E-state index in [1.165, 1.54) is 0 Å². The number of rotatable bonds is 6. The molecule has 2 aromatic carbocycles. The summed E-state index contributed by atoms with van der Waals surface area (Å²) in [6, 6.07) is 18.8. The molecule has 0 radical (unpaired) electrons. The van der Waals surface area contributed by atoms with Crippen LogP contribution >= 0.6 is 0 Å². The molecule has 0 bridgehead atoms. The lowest BCUT2D eigenvalue weighted by Crippen LogP contribution is -2.28. The first-order valence-corrected chi connectivity index (χ1v) is 7.80. The maximum absolute atomic E-state index is 12.7. The van der Waals surface area contributed by atoms with Gasteiger partial charge in [0.25, 0.3) is 0 Å². The number of nitrogens with zero attached hydrogens (tertiary/aromatic N) is 2. The maximum atomic E-state index is 12.7. The summed E-state index contributed by atoms with van der Waals surface area (Å²) in [4.78, 5) is 26.1. The van der Waals surface area contributed by atoms with Crippen LogP contribution in [-0.4, -0.2) is 17.5 Å². The summed E-state index contributed by atoms with van der Waals surface area (Å²) in [7, 11) is 0. The second-order valence-electron chi connectivity index (χ2n) is 5.49. The minimum atomic E-state index is -0.273. The maximum Gasteiger partial charge on any atom is 0.240 e. The Morgan fingerprint density at radius 1 is 0.875 bits per heavy atom. The highest BCUT2D eigenvalue weighted by Gasteiger charge is 2.18. The van der Waals surface area contributed by atoms with Gasteiger partial charge in [-0.1, -0.05) is 36.4 Å². The number of hydrazone groups is 1. The standard InChI is InChI=1S/C19H21N3O2/c1-15(2)20-21-18(23)13-14-19(24)22(16-9-5-3-6-10-16)17-11-7-4-8-12-17/h3-12H,13-14H2,1-2H3,(H,21,23). The van der Waals surface area contributed by atoms with Crippen molar-refractivity contribution >= 4 is 28.9 Å². The summed E-state index contributed by atoms with van der Waals surface area (Å²) < 4.78 is 0. The minimum absolute atomic E-state index is 0.0891. The molecule has 5 heteroatoms. The monoisotopic (exact) mass is 323 g/mol. The van der Waals surface area contributed by atoms with Gasteiger partial charge in [0.2, 0.25) is 11.8 Å². The Morgan fingerprint density at radius 3 is 1.83 bits per heavy atom. The fourth-order valence-electron chi connectivity index (χ4n) is 2.15. The van der Waals surface area contributed by atoms with Gasteiger partial charge < -0.3 is 0 Å². The molecule has 1 N–H and O–H groups in total. The first-order valence-electron chi connectivity index (χ1n) is 7.80. The topological polar surface area (TPSA) is 61.8 Å². The summed E-state index contributed by atoms with van der Waals surface area (Å²) in [6.45, 7) is 3.58. The van der Waals surface area contributed by atoms with E-state index in [2.05, 4.69) is 10.5 Å². The fraction of sp³-hybridized carbons (Fsp3) is 0.211. The van der Waals surface area contributed by atoms with E-state index in [0.29, 0.717) is 0 Å². The van der Waals surface area contributed by atoms with Gasteiger partial charge >= 0.3 is 0 Å². The smallest absolute Gasteiger partial charge is 0.240 e. The van der Waals surface area contributed by atoms with Gasteiger partial charge in [0.15, 0.2) is 0 Å². The molecule has 2 amide bonds. The minimum Gasteiger partial charge on any atom is -0.281 e. The highest BCUT2D eigenvalue weighted by atomic mass is 16.2. The lowest BCUT2D eigenvalue weighted by atomic mass is 10.2. The molecule has 0 saturated carbocycles. The van der Waals surface area contributed by atoms with E-state index < -0.39 is 0 Å². The molecule has 0 aliphatic carbocycles. The number of carbonyl (C=O) groups excluding carboxylic acids is 2. The predicted octanol–water partition coefficient (Wildman–Crippen LogP) is 3.64. The molecular weight excluding hydrogens is 302 g/mol. The van der Waals surface area contributed by atoms with E-state index in [1.54, 1.807) is 18.7 Å². The first-order chi connectivity index (χ1) is 11.6. The normalized spacial score (nSPS) is 9.92. The zero-order valence-electron chi connectivity index (χ0n) is 13.9. The van der Waals surface area contributed by atoms with Crippen LogP contribution in [0.5, 0.6) is 0 Å². The van der Waals surface area contributed by atoms with Crippen LogP contribution in [0.4, 0.5) is 11.4 Å². The molecule has 0 aliphatic rings. The Labute approximate surface area is 142 Å². The number of carbonyl (C=O) groups is 2. The summed E-state index contributed by atoms with van der Waals surface area (Å²) in [5.41, 5.74) is 4.74. The molecule has 24 heavy (non-hydrogen) atoms. The van der Waals surface area contributed by atoms with Crippen LogP contribution < -0.4 is 10.3 Å². The van der Waals surface area contributed by atoms with Crippen LogP contribution in [0.25, 0.3) is 0 Å². The van der Waals surface area contributed by atoms with Crippen LogP contribution in [0, 0.1) is 0 Å². The lowest BCUT2D eigenvalue weighted by Gasteiger charge is -2.23. The molecule has 0 spiro atoms. The second-order valence-corrected chi connectivity index (χ2v) is 5.49.